The smallest absolute Gasteiger partial charge is 0.258 e. The van der Waals surface area contributed by atoms with Gasteiger partial charge < -0.3 is 9.52 Å². The van der Waals surface area contributed by atoms with Crippen LogP contribution in [0.4, 0.5) is 10.1 Å². The van der Waals surface area contributed by atoms with E-state index < -0.39 is 57.7 Å². The number of allylic oxidation sites excluding steroid dienone is 2. The first-order valence-electron chi connectivity index (χ1n) is 13.4. The summed E-state index contributed by atoms with van der Waals surface area (Å²) in [5, 5.41) is 11.6. The van der Waals surface area contributed by atoms with E-state index in [0.717, 1.165) is 21.9 Å². The highest BCUT2D eigenvalue weighted by Crippen LogP contribution is 2.65. The number of alkyl halides is 2. The van der Waals surface area contributed by atoms with Crippen LogP contribution in [-0.4, -0.2) is 43.4 Å². The van der Waals surface area contributed by atoms with E-state index in [1.807, 2.05) is 23.6 Å². The van der Waals surface area contributed by atoms with E-state index in [2.05, 4.69) is 0 Å². The number of likely N-dealkylation sites (tertiary alicyclic amines) is 1. The number of carbonyl (C=O) groups is 4. The van der Waals surface area contributed by atoms with Gasteiger partial charge in [0.15, 0.2) is 9.75 Å². The lowest BCUT2D eigenvalue weighted by atomic mass is 9.57. The van der Waals surface area contributed by atoms with E-state index in [4.69, 9.17) is 27.6 Å². The molecule has 1 aromatic carbocycles. The summed E-state index contributed by atoms with van der Waals surface area (Å²) in [7, 11) is 0. The SMILES string of the molecule is O=C1[C@H]2[C@H](CC=C3[C@H]2C[C@@]2(Cl)C(=O)N(c4ccc(F)cc4)C(=O)[C@@]2(Cl)[C@H]3c2ccc(CO)o2)C(=O)N1Cc1cccs1. The fourth-order valence-corrected chi connectivity index (χ4v) is 8.73. The first-order valence-corrected chi connectivity index (χ1v) is 15.0. The van der Waals surface area contributed by atoms with Crippen molar-refractivity contribution < 1.29 is 33.1 Å². The zero-order valence-corrected chi connectivity index (χ0v) is 24.2. The summed E-state index contributed by atoms with van der Waals surface area (Å²) in [5.41, 5.74) is 0.682. The number of fused-ring (bicyclic) bond motifs is 4. The molecule has 42 heavy (non-hydrogen) atoms. The Balaban J connectivity index is 1.36. The van der Waals surface area contributed by atoms with Crippen molar-refractivity contribution in [1.82, 2.24) is 4.90 Å². The topological polar surface area (TPSA) is 108 Å². The van der Waals surface area contributed by atoms with Crippen LogP contribution < -0.4 is 4.90 Å². The van der Waals surface area contributed by atoms with Crippen molar-refractivity contribution in [3.63, 3.8) is 0 Å². The molecule has 3 fully saturated rings. The highest BCUT2D eigenvalue weighted by molar-refractivity contribution is 7.09. The zero-order valence-electron chi connectivity index (χ0n) is 21.8. The number of aliphatic hydroxyl groups is 1. The van der Waals surface area contributed by atoms with Crippen LogP contribution in [0.5, 0.6) is 0 Å². The van der Waals surface area contributed by atoms with Crippen molar-refractivity contribution in [2.45, 2.75) is 41.7 Å². The van der Waals surface area contributed by atoms with Crippen molar-refractivity contribution in [2.24, 2.45) is 17.8 Å². The lowest BCUT2D eigenvalue weighted by Gasteiger charge is -2.49. The summed E-state index contributed by atoms with van der Waals surface area (Å²) < 4.78 is 19.6. The number of carbonyl (C=O) groups excluding carboxylic acids is 4. The Morgan fingerprint density at radius 2 is 1.76 bits per heavy atom. The Morgan fingerprint density at radius 3 is 2.43 bits per heavy atom. The number of halogens is 3. The van der Waals surface area contributed by atoms with Gasteiger partial charge >= 0.3 is 0 Å². The van der Waals surface area contributed by atoms with Gasteiger partial charge in [0.25, 0.3) is 11.8 Å². The van der Waals surface area contributed by atoms with Gasteiger partial charge in [0.1, 0.15) is 23.9 Å². The maximum Gasteiger partial charge on any atom is 0.258 e. The molecule has 1 N–H and O–H groups in total. The van der Waals surface area contributed by atoms with E-state index in [1.54, 1.807) is 6.07 Å². The lowest BCUT2D eigenvalue weighted by Crippen LogP contribution is -2.60. The number of hydrogen-bond donors (Lipinski definition) is 1. The lowest BCUT2D eigenvalue weighted by molar-refractivity contribution is -0.141. The molecule has 6 atom stereocenters. The van der Waals surface area contributed by atoms with Gasteiger partial charge in [0, 0.05) is 4.88 Å². The van der Waals surface area contributed by atoms with Crippen molar-refractivity contribution in [1.29, 1.82) is 0 Å². The largest absolute Gasteiger partial charge is 0.463 e. The number of aliphatic hydroxyl groups excluding tert-OH is 1. The van der Waals surface area contributed by atoms with E-state index >= 15 is 0 Å². The number of furan rings is 1. The Bertz CT molecular complexity index is 1670. The Labute approximate surface area is 253 Å². The van der Waals surface area contributed by atoms with Crippen LogP contribution in [0.15, 0.2) is 70.0 Å². The molecular weight excluding hydrogens is 606 g/mol. The molecule has 1 saturated carbocycles. The average Bonchev–Trinajstić information content (AvgIpc) is 3.74. The summed E-state index contributed by atoms with van der Waals surface area (Å²) in [6, 6.07) is 11.6. The fourth-order valence-electron chi connectivity index (χ4n) is 7.12. The molecule has 216 valence electrons. The van der Waals surface area contributed by atoms with Crippen LogP contribution in [0.2, 0.25) is 0 Å². The van der Waals surface area contributed by atoms with Gasteiger partial charge in [-0.15, -0.1) is 34.5 Å². The second-order valence-corrected chi connectivity index (χ2v) is 13.3. The Hall–Kier alpha value is -3.31. The molecule has 12 heteroatoms. The predicted octanol–water partition coefficient (Wildman–Crippen LogP) is 4.74. The quantitative estimate of drug-likeness (QED) is 0.248. The van der Waals surface area contributed by atoms with Crippen molar-refractivity contribution >= 4 is 63.9 Å². The molecule has 0 spiro atoms. The second-order valence-electron chi connectivity index (χ2n) is 11.1. The molecule has 2 aromatic heterocycles. The molecule has 0 radical (unpaired) electrons. The highest BCUT2D eigenvalue weighted by atomic mass is 35.5. The summed E-state index contributed by atoms with van der Waals surface area (Å²) in [6.07, 6.45) is 1.87. The minimum Gasteiger partial charge on any atom is -0.463 e. The average molecular weight is 629 g/mol. The molecule has 8 nitrogen and oxygen atoms in total. The fraction of sp³-hybridized carbons (Fsp3) is 0.333. The standard InChI is InChI=1S/C30H23Cl2FN2O6S/c31-29-12-21-19(8-9-20-23(21)26(38)34(25(20)37)13-18-2-1-11-42-18)24(22-10-7-17(14-36)41-22)30(29,32)28(40)35(27(29)39)16-5-3-15(33)4-6-16/h1-8,10-11,20-21,23-24,36H,9,12-14H2/t20-,21+,23-,24+,29+,30-/m0/s1. The molecule has 4 aliphatic rings. The molecule has 0 unspecified atom stereocenters. The van der Waals surface area contributed by atoms with Crippen molar-refractivity contribution in [3.05, 3.63) is 87.8 Å². The number of rotatable bonds is 5. The van der Waals surface area contributed by atoms with Gasteiger partial charge in [0.2, 0.25) is 11.8 Å². The van der Waals surface area contributed by atoms with E-state index in [0.29, 0.717) is 5.57 Å². The monoisotopic (exact) mass is 628 g/mol. The normalized spacial score (nSPS) is 32.2. The third-order valence-electron chi connectivity index (χ3n) is 9.00. The number of thiophene rings is 1. The molecule has 3 aromatic rings. The van der Waals surface area contributed by atoms with Gasteiger partial charge in [-0.1, -0.05) is 17.7 Å². The molecule has 0 bridgehead atoms. The first-order chi connectivity index (χ1) is 20.1. The number of hydrogen-bond acceptors (Lipinski definition) is 7. The second kappa shape index (κ2) is 9.60. The van der Waals surface area contributed by atoms with Gasteiger partial charge in [-0.25, -0.2) is 9.29 Å². The first kappa shape index (κ1) is 27.5. The van der Waals surface area contributed by atoms with E-state index in [1.165, 1.54) is 34.4 Å². The van der Waals surface area contributed by atoms with Crippen LogP contribution in [0.1, 0.15) is 35.2 Å². The Kier molecular flexibility index (Phi) is 6.29. The minimum absolute atomic E-state index is 0.0964. The molecule has 4 heterocycles. The maximum absolute atomic E-state index is 14.2. The third kappa shape index (κ3) is 3.62. The minimum atomic E-state index is -2.08. The maximum atomic E-state index is 14.2. The molecule has 2 aliphatic heterocycles. The van der Waals surface area contributed by atoms with Crippen LogP contribution in [0, 0.1) is 23.6 Å². The Morgan fingerprint density at radius 1 is 1.00 bits per heavy atom. The number of nitrogens with zero attached hydrogens (tertiary/aromatic N) is 2. The van der Waals surface area contributed by atoms with E-state index in [9.17, 15) is 28.7 Å². The number of anilines is 1. The molecular formula is C30H23Cl2FN2O6S. The molecule has 2 saturated heterocycles. The number of amides is 4. The van der Waals surface area contributed by atoms with Crippen LogP contribution >= 0.6 is 34.5 Å². The molecule has 7 rings (SSSR count). The summed E-state index contributed by atoms with van der Waals surface area (Å²) in [6.45, 7) is -0.270. The zero-order chi connectivity index (χ0) is 29.6. The molecule has 4 amide bonds. The van der Waals surface area contributed by atoms with Crippen molar-refractivity contribution in [3.8, 4) is 0 Å². The number of imide groups is 2. The summed E-state index contributed by atoms with van der Waals surface area (Å²) in [4.78, 5) is 54.6. The van der Waals surface area contributed by atoms with Crippen molar-refractivity contribution in [2.75, 3.05) is 4.90 Å². The van der Waals surface area contributed by atoms with Gasteiger partial charge in [-0.3, -0.25) is 24.1 Å². The number of benzene rings is 1. The summed E-state index contributed by atoms with van der Waals surface area (Å²) >= 11 is 16.0. The predicted molar refractivity (Wildman–Crippen MR) is 151 cm³/mol. The highest BCUT2D eigenvalue weighted by Gasteiger charge is 2.77. The summed E-state index contributed by atoms with van der Waals surface area (Å²) in [5.74, 6) is -5.67. The van der Waals surface area contributed by atoms with Crippen LogP contribution in [0.3, 0.4) is 0 Å². The third-order valence-corrected chi connectivity index (χ3v) is 11.3. The van der Waals surface area contributed by atoms with Gasteiger partial charge in [0.05, 0.1) is 30.0 Å². The van der Waals surface area contributed by atoms with Gasteiger partial charge in [-0.2, -0.15) is 0 Å². The van der Waals surface area contributed by atoms with E-state index in [-0.39, 0.29) is 48.4 Å². The van der Waals surface area contributed by atoms with Crippen LogP contribution in [0.25, 0.3) is 0 Å². The van der Waals surface area contributed by atoms with Crippen LogP contribution in [-0.2, 0) is 32.3 Å². The van der Waals surface area contributed by atoms with Gasteiger partial charge in [-0.05, 0) is 66.6 Å². The molecule has 2 aliphatic carbocycles.